The van der Waals surface area contributed by atoms with Crippen molar-refractivity contribution in [3.8, 4) is 11.4 Å². The lowest BCUT2D eigenvalue weighted by atomic mass is 10.0. The van der Waals surface area contributed by atoms with Crippen molar-refractivity contribution in [3.63, 3.8) is 0 Å². The first-order valence-electron chi connectivity index (χ1n) is 6.05. The molecule has 0 spiro atoms. The van der Waals surface area contributed by atoms with Gasteiger partial charge in [-0.25, -0.2) is 4.98 Å². The maximum absolute atomic E-state index is 6.02. The van der Waals surface area contributed by atoms with Crippen LogP contribution in [-0.4, -0.2) is 34.0 Å². The van der Waals surface area contributed by atoms with Gasteiger partial charge in [0.25, 0.3) is 0 Å². The Morgan fingerprint density at radius 3 is 2.72 bits per heavy atom. The normalized spacial score (nSPS) is 23.4. The summed E-state index contributed by atoms with van der Waals surface area (Å²) in [5.41, 5.74) is 7.04. The minimum Gasteiger partial charge on any atom is -0.379 e. The average molecular weight is 244 g/mol. The van der Waals surface area contributed by atoms with Gasteiger partial charge in [0.2, 0.25) is 0 Å². The summed E-state index contributed by atoms with van der Waals surface area (Å²) in [6, 6.07) is 9.96. The van der Waals surface area contributed by atoms with Crippen molar-refractivity contribution >= 4 is 0 Å². The summed E-state index contributed by atoms with van der Waals surface area (Å²) >= 11 is 0. The minimum absolute atomic E-state index is 0.0107. The van der Waals surface area contributed by atoms with Crippen LogP contribution in [0.1, 0.15) is 11.7 Å². The van der Waals surface area contributed by atoms with Gasteiger partial charge in [-0.05, 0) is 0 Å². The van der Waals surface area contributed by atoms with Crippen LogP contribution in [-0.2, 0) is 11.8 Å². The minimum atomic E-state index is 0.0107. The van der Waals surface area contributed by atoms with E-state index in [1.54, 1.807) is 0 Å². The van der Waals surface area contributed by atoms with E-state index in [1.807, 2.05) is 42.1 Å². The van der Waals surface area contributed by atoms with Crippen LogP contribution in [0.2, 0.25) is 0 Å². The molecule has 2 unspecified atom stereocenters. The van der Waals surface area contributed by atoms with Gasteiger partial charge in [0, 0.05) is 18.7 Å². The largest absolute Gasteiger partial charge is 0.379 e. The number of hydrogen-bond acceptors (Lipinski definition) is 4. The van der Waals surface area contributed by atoms with E-state index in [0.717, 1.165) is 17.2 Å². The van der Waals surface area contributed by atoms with Gasteiger partial charge in [0.1, 0.15) is 5.82 Å². The van der Waals surface area contributed by atoms with E-state index in [9.17, 15) is 0 Å². The number of nitrogens with two attached hydrogens (primary N) is 1. The van der Waals surface area contributed by atoms with Crippen LogP contribution in [0.15, 0.2) is 30.3 Å². The number of aromatic nitrogens is 3. The van der Waals surface area contributed by atoms with Gasteiger partial charge in [-0.3, -0.25) is 4.68 Å². The third-order valence-corrected chi connectivity index (χ3v) is 3.28. The van der Waals surface area contributed by atoms with Gasteiger partial charge in [-0.1, -0.05) is 30.3 Å². The Kier molecular flexibility index (Phi) is 2.85. The second-order valence-corrected chi connectivity index (χ2v) is 4.59. The Labute approximate surface area is 106 Å². The predicted molar refractivity (Wildman–Crippen MR) is 68.0 cm³/mol. The molecule has 2 atom stereocenters. The van der Waals surface area contributed by atoms with E-state index >= 15 is 0 Å². The molecule has 1 aliphatic heterocycles. The molecule has 1 aromatic heterocycles. The second kappa shape index (κ2) is 4.51. The molecule has 0 saturated carbocycles. The fourth-order valence-corrected chi connectivity index (χ4v) is 2.27. The van der Waals surface area contributed by atoms with E-state index in [-0.39, 0.29) is 12.0 Å². The Hall–Kier alpha value is -1.72. The average Bonchev–Trinajstić information content (AvgIpc) is 2.96. The van der Waals surface area contributed by atoms with E-state index < -0.39 is 0 Å². The summed E-state index contributed by atoms with van der Waals surface area (Å²) in [6.45, 7) is 1.22. The topological polar surface area (TPSA) is 66.0 Å². The molecule has 0 amide bonds. The van der Waals surface area contributed by atoms with E-state index in [0.29, 0.717) is 13.2 Å². The Morgan fingerprint density at radius 2 is 2.06 bits per heavy atom. The van der Waals surface area contributed by atoms with Crippen LogP contribution in [0.4, 0.5) is 0 Å². The molecule has 2 N–H and O–H groups in total. The lowest BCUT2D eigenvalue weighted by Gasteiger charge is -2.10. The maximum atomic E-state index is 6.02. The van der Waals surface area contributed by atoms with E-state index in [4.69, 9.17) is 10.5 Å². The maximum Gasteiger partial charge on any atom is 0.181 e. The summed E-state index contributed by atoms with van der Waals surface area (Å²) in [5.74, 6) is 1.78. The molecule has 0 aliphatic carbocycles. The van der Waals surface area contributed by atoms with Crippen LogP contribution in [0.25, 0.3) is 11.4 Å². The van der Waals surface area contributed by atoms with Crippen LogP contribution in [0.5, 0.6) is 0 Å². The Morgan fingerprint density at radius 1 is 1.28 bits per heavy atom. The fourth-order valence-electron chi connectivity index (χ4n) is 2.27. The van der Waals surface area contributed by atoms with Gasteiger partial charge in [-0.2, -0.15) is 5.10 Å². The summed E-state index contributed by atoms with van der Waals surface area (Å²) in [7, 11) is 1.90. The van der Waals surface area contributed by atoms with Crippen molar-refractivity contribution in [1.82, 2.24) is 14.8 Å². The second-order valence-electron chi connectivity index (χ2n) is 4.59. The van der Waals surface area contributed by atoms with Crippen molar-refractivity contribution in [2.75, 3.05) is 13.2 Å². The zero-order chi connectivity index (χ0) is 12.5. The summed E-state index contributed by atoms with van der Waals surface area (Å²) in [5, 5.41) is 4.45. The fraction of sp³-hybridized carbons (Fsp3) is 0.385. The number of benzene rings is 1. The van der Waals surface area contributed by atoms with Gasteiger partial charge >= 0.3 is 0 Å². The van der Waals surface area contributed by atoms with Crippen molar-refractivity contribution in [2.24, 2.45) is 12.8 Å². The smallest absolute Gasteiger partial charge is 0.181 e. The Balaban J connectivity index is 1.96. The first kappa shape index (κ1) is 11.4. The molecular formula is C13H16N4O. The highest BCUT2D eigenvalue weighted by atomic mass is 16.5. The molecule has 94 valence electrons. The Bertz CT molecular complexity index is 537. The molecule has 0 radical (unpaired) electrons. The zero-order valence-electron chi connectivity index (χ0n) is 10.3. The van der Waals surface area contributed by atoms with E-state index in [1.165, 1.54) is 0 Å². The first-order chi connectivity index (χ1) is 8.75. The van der Waals surface area contributed by atoms with Crippen LogP contribution in [0, 0.1) is 0 Å². The molecule has 3 rings (SSSR count). The SMILES string of the molecule is Cn1nc(-c2ccccc2)nc1C1COCC1N. The zero-order valence-corrected chi connectivity index (χ0v) is 10.3. The highest BCUT2D eigenvalue weighted by molar-refractivity contribution is 5.54. The van der Waals surface area contributed by atoms with Crippen LogP contribution in [0.3, 0.4) is 0 Å². The first-order valence-corrected chi connectivity index (χ1v) is 6.05. The summed E-state index contributed by atoms with van der Waals surface area (Å²) in [4.78, 5) is 4.60. The predicted octanol–water partition coefficient (Wildman–Crippen LogP) is 0.923. The molecule has 2 heterocycles. The third-order valence-electron chi connectivity index (χ3n) is 3.28. The quantitative estimate of drug-likeness (QED) is 0.853. The lowest BCUT2D eigenvalue weighted by Crippen LogP contribution is -2.28. The van der Waals surface area contributed by atoms with Crippen molar-refractivity contribution in [3.05, 3.63) is 36.2 Å². The van der Waals surface area contributed by atoms with E-state index in [2.05, 4.69) is 10.1 Å². The molecule has 1 saturated heterocycles. The van der Waals surface area contributed by atoms with Gasteiger partial charge < -0.3 is 10.5 Å². The molecule has 18 heavy (non-hydrogen) atoms. The van der Waals surface area contributed by atoms with Crippen molar-refractivity contribution < 1.29 is 4.74 Å². The van der Waals surface area contributed by atoms with Crippen molar-refractivity contribution in [2.45, 2.75) is 12.0 Å². The number of hydrogen-bond donors (Lipinski definition) is 1. The number of aryl methyl sites for hydroxylation is 1. The van der Waals surface area contributed by atoms with Gasteiger partial charge in [0.15, 0.2) is 5.82 Å². The molecular weight excluding hydrogens is 228 g/mol. The third kappa shape index (κ3) is 1.91. The molecule has 5 heteroatoms. The molecule has 1 aliphatic rings. The number of rotatable bonds is 2. The molecule has 5 nitrogen and oxygen atoms in total. The van der Waals surface area contributed by atoms with Crippen LogP contribution < -0.4 is 5.73 Å². The highest BCUT2D eigenvalue weighted by Crippen LogP contribution is 2.25. The number of nitrogens with zero attached hydrogens (tertiary/aromatic N) is 3. The molecule has 1 aromatic carbocycles. The number of ether oxygens (including phenoxy) is 1. The summed E-state index contributed by atoms with van der Waals surface area (Å²) in [6.07, 6.45) is 0. The standard InChI is InChI=1S/C13H16N4O/c1-17-13(10-7-18-8-11(10)14)15-12(16-17)9-5-3-2-4-6-9/h2-6,10-11H,7-8,14H2,1H3. The van der Waals surface area contributed by atoms with Gasteiger partial charge in [-0.15, -0.1) is 0 Å². The monoisotopic (exact) mass is 244 g/mol. The molecule has 0 bridgehead atoms. The molecule has 2 aromatic rings. The van der Waals surface area contributed by atoms with Crippen molar-refractivity contribution in [1.29, 1.82) is 0 Å². The van der Waals surface area contributed by atoms with Crippen LogP contribution >= 0.6 is 0 Å². The highest BCUT2D eigenvalue weighted by Gasteiger charge is 2.30. The van der Waals surface area contributed by atoms with Gasteiger partial charge in [0.05, 0.1) is 19.1 Å². The molecule has 1 fully saturated rings. The summed E-state index contributed by atoms with van der Waals surface area (Å²) < 4.78 is 7.19. The lowest BCUT2D eigenvalue weighted by molar-refractivity contribution is 0.190.